The van der Waals surface area contributed by atoms with E-state index < -0.39 is 23.4 Å². The van der Waals surface area contributed by atoms with Gasteiger partial charge in [0, 0.05) is 16.0 Å². The lowest BCUT2D eigenvalue weighted by Crippen LogP contribution is -2.22. The standard InChI is InChI=1S/C19H17ClN2O5S/c20-14-5-7-16(17(9-14)22(25)26)21-18(23)10-27-19(24)11-28-15-6-4-12-2-1-3-13(12)8-15/h4-9H,1-3,10-11H2,(H,21,23). The molecule has 0 heterocycles. The quantitative estimate of drug-likeness (QED) is 0.314. The molecule has 2 aromatic rings. The molecule has 0 aliphatic heterocycles. The van der Waals surface area contributed by atoms with E-state index in [0.29, 0.717) is 0 Å². The maximum atomic E-state index is 11.9. The first-order valence-corrected chi connectivity index (χ1v) is 9.93. The molecule has 0 atom stereocenters. The second kappa shape index (κ2) is 9.07. The van der Waals surface area contributed by atoms with Crippen molar-refractivity contribution in [1.29, 1.82) is 0 Å². The highest BCUT2D eigenvalue weighted by atomic mass is 35.5. The lowest BCUT2D eigenvalue weighted by atomic mass is 10.1. The number of thioether (sulfide) groups is 1. The second-order valence-electron chi connectivity index (χ2n) is 6.20. The zero-order valence-electron chi connectivity index (χ0n) is 14.8. The van der Waals surface area contributed by atoms with Gasteiger partial charge >= 0.3 is 5.97 Å². The van der Waals surface area contributed by atoms with Crippen LogP contribution in [-0.2, 0) is 27.2 Å². The van der Waals surface area contributed by atoms with Crippen LogP contribution in [0.2, 0.25) is 5.02 Å². The molecule has 0 saturated heterocycles. The number of anilines is 1. The summed E-state index contributed by atoms with van der Waals surface area (Å²) in [6.07, 6.45) is 3.32. The zero-order valence-corrected chi connectivity index (χ0v) is 16.3. The number of aryl methyl sites for hydroxylation is 2. The van der Waals surface area contributed by atoms with Gasteiger partial charge in [-0.15, -0.1) is 11.8 Å². The maximum absolute atomic E-state index is 11.9. The van der Waals surface area contributed by atoms with Crippen LogP contribution in [0.25, 0.3) is 0 Å². The summed E-state index contributed by atoms with van der Waals surface area (Å²) in [5, 5.41) is 13.6. The molecule has 2 aromatic carbocycles. The van der Waals surface area contributed by atoms with Gasteiger partial charge < -0.3 is 10.1 Å². The van der Waals surface area contributed by atoms with Gasteiger partial charge in [0.15, 0.2) is 6.61 Å². The summed E-state index contributed by atoms with van der Waals surface area (Å²) in [7, 11) is 0. The molecular formula is C19H17ClN2O5S. The summed E-state index contributed by atoms with van der Waals surface area (Å²) in [4.78, 5) is 35.2. The Balaban J connectivity index is 1.47. The van der Waals surface area contributed by atoms with Crippen molar-refractivity contribution in [3.8, 4) is 0 Å². The lowest BCUT2D eigenvalue weighted by Gasteiger charge is -2.08. The van der Waals surface area contributed by atoms with E-state index in [1.807, 2.05) is 6.07 Å². The molecule has 9 heteroatoms. The largest absolute Gasteiger partial charge is 0.455 e. The first-order chi connectivity index (χ1) is 13.4. The number of halogens is 1. The number of nitro benzene ring substituents is 1. The summed E-state index contributed by atoms with van der Waals surface area (Å²) >= 11 is 7.08. The number of carbonyl (C=O) groups excluding carboxylic acids is 2. The number of fused-ring (bicyclic) bond motifs is 1. The predicted octanol–water partition coefficient (Wildman–Crippen LogP) is 4.01. The summed E-state index contributed by atoms with van der Waals surface area (Å²) < 4.78 is 4.95. The monoisotopic (exact) mass is 420 g/mol. The summed E-state index contributed by atoms with van der Waals surface area (Å²) in [5.41, 5.74) is 2.34. The summed E-state index contributed by atoms with van der Waals surface area (Å²) in [6.45, 7) is -0.524. The van der Waals surface area contributed by atoms with Crippen LogP contribution in [0.5, 0.6) is 0 Å². The van der Waals surface area contributed by atoms with Gasteiger partial charge in [0.05, 0.1) is 10.7 Å². The van der Waals surface area contributed by atoms with Crippen LogP contribution in [0.1, 0.15) is 17.5 Å². The minimum atomic E-state index is -0.665. The molecule has 1 N–H and O–H groups in total. The van der Waals surface area contributed by atoms with E-state index in [1.165, 1.54) is 35.0 Å². The van der Waals surface area contributed by atoms with E-state index in [2.05, 4.69) is 17.4 Å². The number of nitro groups is 1. The number of amides is 1. The van der Waals surface area contributed by atoms with Crippen molar-refractivity contribution in [2.75, 3.05) is 17.7 Å². The molecule has 0 bridgehead atoms. The van der Waals surface area contributed by atoms with Crippen molar-refractivity contribution in [1.82, 2.24) is 0 Å². The van der Waals surface area contributed by atoms with Crippen LogP contribution >= 0.6 is 23.4 Å². The number of benzene rings is 2. The molecule has 0 aromatic heterocycles. The third-order valence-electron chi connectivity index (χ3n) is 4.22. The van der Waals surface area contributed by atoms with E-state index in [0.717, 1.165) is 30.2 Å². The fourth-order valence-electron chi connectivity index (χ4n) is 2.92. The van der Waals surface area contributed by atoms with Crippen LogP contribution in [0, 0.1) is 10.1 Å². The van der Waals surface area contributed by atoms with Crippen molar-refractivity contribution in [2.24, 2.45) is 0 Å². The average Bonchev–Trinajstić information content (AvgIpc) is 3.13. The number of rotatable bonds is 7. The Bertz CT molecular complexity index is 935. The van der Waals surface area contributed by atoms with Gasteiger partial charge in [0.25, 0.3) is 11.6 Å². The van der Waals surface area contributed by atoms with Gasteiger partial charge in [0.1, 0.15) is 5.69 Å². The van der Waals surface area contributed by atoms with Crippen molar-refractivity contribution in [3.05, 3.63) is 62.7 Å². The van der Waals surface area contributed by atoms with Gasteiger partial charge in [-0.1, -0.05) is 17.7 Å². The first-order valence-electron chi connectivity index (χ1n) is 8.56. The molecular weight excluding hydrogens is 404 g/mol. The summed E-state index contributed by atoms with van der Waals surface area (Å²) in [5.74, 6) is -1.12. The molecule has 0 fully saturated rings. The van der Waals surface area contributed by atoms with Crippen LogP contribution in [0.15, 0.2) is 41.3 Å². The molecule has 1 amide bonds. The molecule has 28 heavy (non-hydrogen) atoms. The van der Waals surface area contributed by atoms with Gasteiger partial charge in [-0.2, -0.15) is 0 Å². The number of nitrogens with one attached hydrogen (secondary N) is 1. The topological polar surface area (TPSA) is 98.5 Å². The van der Waals surface area contributed by atoms with E-state index in [1.54, 1.807) is 0 Å². The third kappa shape index (κ3) is 5.24. The summed E-state index contributed by atoms with van der Waals surface area (Å²) in [6, 6.07) is 10.0. The smallest absolute Gasteiger partial charge is 0.316 e. The zero-order chi connectivity index (χ0) is 20.1. The average molecular weight is 421 g/mol. The van der Waals surface area contributed by atoms with Gasteiger partial charge in [-0.3, -0.25) is 19.7 Å². The van der Waals surface area contributed by atoms with Crippen LogP contribution < -0.4 is 5.32 Å². The molecule has 1 aliphatic carbocycles. The molecule has 0 radical (unpaired) electrons. The number of nitrogens with zero attached hydrogens (tertiary/aromatic N) is 1. The predicted molar refractivity (Wildman–Crippen MR) is 107 cm³/mol. The fourth-order valence-corrected chi connectivity index (χ4v) is 3.84. The maximum Gasteiger partial charge on any atom is 0.316 e. The van der Waals surface area contributed by atoms with Crippen molar-refractivity contribution < 1.29 is 19.2 Å². The number of esters is 1. The number of ether oxygens (including phenoxy) is 1. The van der Waals surface area contributed by atoms with Gasteiger partial charge in [0.2, 0.25) is 0 Å². The van der Waals surface area contributed by atoms with Crippen LogP contribution in [0.4, 0.5) is 11.4 Å². The minimum absolute atomic E-state index is 0.0111. The van der Waals surface area contributed by atoms with Crippen LogP contribution in [0.3, 0.4) is 0 Å². The highest BCUT2D eigenvalue weighted by molar-refractivity contribution is 8.00. The molecule has 0 spiro atoms. The van der Waals surface area contributed by atoms with E-state index >= 15 is 0 Å². The van der Waals surface area contributed by atoms with Gasteiger partial charge in [-0.25, -0.2) is 0 Å². The number of carbonyl (C=O) groups is 2. The molecule has 0 saturated carbocycles. The highest BCUT2D eigenvalue weighted by Crippen LogP contribution is 2.28. The number of hydrogen-bond acceptors (Lipinski definition) is 6. The fraction of sp³-hybridized carbons (Fsp3) is 0.263. The van der Waals surface area contributed by atoms with E-state index in [4.69, 9.17) is 16.3 Å². The van der Waals surface area contributed by atoms with Crippen molar-refractivity contribution >= 4 is 46.6 Å². The Morgan fingerprint density at radius 3 is 2.75 bits per heavy atom. The van der Waals surface area contributed by atoms with Crippen molar-refractivity contribution in [2.45, 2.75) is 24.2 Å². The SMILES string of the molecule is O=C(COC(=O)CSc1ccc2c(c1)CCC2)Nc1ccc(Cl)cc1[N+](=O)[O-]. The Kier molecular flexibility index (Phi) is 6.53. The molecule has 0 unspecified atom stereocenters. The Morgan fingerprint density at radius 2 is 1.96 bits per heavy atom. The van der Waals surface area contributed by atoms with Gasteiger partial charge in [-0.05, 0) is 54.7 Å². The van der Waals surface area contributed by atoms with Crippen molar-refractivity contribution in [3.63, 3.8) is 0 Å². The molecule has 3 rings (SSSR count). The lowest BCUT2D eigenvalue weighted by molar-refractivity contribution is -0.383. The molecule has 1 aliphatic rings. The Morgan fingerprint density at radius 1 is 1.18 bits per heavy atom. The number of hydrogen-bond donors (Lipinski definition) is 1. The molecule has 7 nitrogen and oxygen atoms in total. The Labute approximate surface area is 170 Å². The first kappa shape index (κ1) is 20.2. The minimum Gasteiger partial charge on any atom is -0.455 e. The highest BCUT2D eigenvalue weighted by Gasteiger charge is 2.17. The Hall–Kier alpha value is -2.58. The normalized spacial score (nSPS) is 12.3. The second-order valence-corrected chi connectivity index (χ2v) is 7.69. The molecule has 146 valence electrons. The van der Waals surface area contributed by atoms with E-state index in [9.17, 15) is 19.7 Å². The van der Waals surface area contributed by atoms with E-state index in [-0.39, 0.29) is 22.2 Å². The third-order valence-corrected chi connectivity index (χ3v) is 5.42. The van der Waals surface area contributed by atoms with Crippen LogP contribution in [-0.4, -0.2) is 29.2 Å².